The SMILES string of the molecule is O=C(O)C(F)(F)S(=O)c1ccc(F)c(Cl)c1. The van der Waals surface area contributed by atoms with Crippen molar-refractivity contribution in [3.63, 3.8) is 0 Å². The van der Waals surface area contributed by atoms with Crippen molar-refractivity contribution >= 4 is 28.4 Å². The molecule has 8 heteroatoms. The smallest absolute Gasteiger partial charge is 0.419 e. The van der Waals surface area contributed by atoms with Crippen LogP contribution in [0.15, 0.2) is 23.1 Å². The van der Waals surface area contributed by atoms with Crippen molar-refractivity contribution < 1.29 is 27.3 Å². The number of halogens is 4. The van der Waals surface area contributed by atoms with Gasteiger partial charge in [-0.3, -0.25) is 0 Å². The summed E-state index contributed by atoms with van der Waals surface area (Å²) in [4.78, 5) is 9.58. The van der Waals surface area contributed by atoms with Crippen molar-refractivity contribution in [1.82, 2.24) is 0 Å². The second-order valence-corrected chi connectivity index (χ2v) is 4.60. The summed E-state index contributed by atoms with van der Waals surface area (Å²) in [5.74, 6) is -3.40. The Labute approximate surface area is 95.3 Å². The van der Waals surface area contributed by atoms with E-state index in [2.05, 4.69) is 0 Å². The first-order chi connectivity index (χ1) is 7.26. The Morgan fingerprint density at radius 3 is 2.44 bits per heavy atom. The molecule has 1 unspecified atom stereocenters. The van der Waals surface area contributed by atoms with Gasteiger partial charge in [-0.05, 0) is 18.2 Å². The Bertz CT molecular complexity index is 464. The van der Waals surface area contributed by atoms with Crippen molar-refractivity contribution in [2.45, 2.75) is 10.2 Å². The molecule has 0 aliphatic rings. The third-order valence-corrected chi connectivity index (χ3v) is 3.20. The maximum Gasteiger partial charge on any atom is 0.419 e. The van der Waals surface area contributed by atoms with Crippen LogP contribution in [-0.4, -0.2) is 20.5 Å². The number of rotatable bonds is 3. The summed E-state index contributed by atoms with van der Waals surface area (Å²) in [6.07, 6.45) is 0. The fourth-order valence-corrected chi connectivity index (χ4v) is 1.94. The molecule has 1 atom stereocenters. The van der Waals surface area contributed by atoms with E-state index in [0.717, 1.165) is 12.1 Å². The number of hydrogen-bond acceptors (Lipinski definition) is 2. The summed E-state index contributed by atoms with van der Waals surface area (Å²) in [5.41, 5.74) is 0. The third kappa shape index (κ3) is 2.35. The molecular formula is C8H4ClF3O3S. The van der Waals surface area contributed by atoms with E-state index in [1.807, 2.05) is 0 Å². The molecule has 0 bridgehead atoms. The number of carboxylic acids is 1. The zero-order chi connectivity index (χ0) is 12.5. The molecule has 0 spiro atoms. The Morgan fingerprint density at radius 1 is 1.44 bits per heavy atom. The summed E-state index contributed by atoms with van der Waals surface area (Å²) in [7, 11) is -3.13. The van der Waals surface area contributed by atoms with Gasteiger partial charge in [-0.2, -0.15) is 8.78 Å². The molecule has 16 heavy (non-hydrogen) atoms. The van der Waals surface area contributed by atoms with E-state index >= 15 is 0 Å². The van der Waals surface area contributed by atoms with Crippen LogP contribution in [0.5, 0.6) is 0 Å². The van der Waals surface area contributed by atoms with Gasteiger partial charge in [0.2, 0.25) is 0 Å². The molecule has 0 aromatic heterocycles. The highest BCUT2D eigenvalue weighted by molar-refractivity contribution is 7.87. The lowest BCUT2D eigenvalue weighted by Gasteiger charge is -2.10. The van der Waals surface area contributed by atoms with Crippen molar-refractivity contribution in [2.24, 2.45) is 0 Å². The van der Waals surface area contributed by atoms with Crippen molar-refractivity contribution in [3.05, 3.63) is 29.0 Å². The fourth-order valence-electron chi connectivity index (χ4n) is 0.819. The summed E-state index contributed by atoms with van der Waals surface area (Å²) in [6, 6.07) is 2.21. The van der Waals surface area contributed by atoms with E-state index < -0.39 is 37.8 Å². The van der Waals surface area contributed by atoms with Gasteiger partial charge in [-0.1, -0.05) is 11.6 Å². The highest BCUT2D eigenvalue weighted by Gasteiger charge is 2.47. The molecule has 1 aromatic rings. The standard InChI is InChI=1S/C8H4ClF3O3S/c9-5-3-4(1-2-6(5)10)16(15)8(11,12)7(13)14/h1-3H,(H,13,14). The zero-order valence-corrected chi connectivity index (χ0v) is 8.99. The van der Waals surface area contributed by atoms with Crippen LogP contribution in [-0.2, 0) is 15.6 Å². The Kier molecular flexibility index (Phi) is 3.59. The van der Waals surface area contributed by atoms with Gasteiger partial charge in [0.25, 0.3) is 0 Å². The molecule has 0 heterocycles. The monoisotopic (exact) mass is 272 g/mol. The van der Waals surface area contributed by atoms with Crippen LogP contribution in [0.25, 0.3) is 0 Å². The average Bonchev–Trinajstić information content (AvgIpc) is 2.20. The van der Waals surface area contributed by atoms with Gasteiger partial charge in [-0.25, -0.2) is 13.4 Å². The lowest BCUT2D eigenvalue weighted by molar-refractivity contribution is -0.153. The molecule has 0 saturated heterocycles. The summed E-state index contributed by atoms with van der Waals surface area (Å²) < 4.78 is 49.5. The van der Waals surface area contributed by atoms with Crippen molar-refractivity contribution in [3.8, 4) is 0 Å². The van der Waals surface area contributed by atoms with Crippen molar-refractivity contribution in [2.75, 3.05) is 0 Å². The van der Waals surface area contributed by atoms with Gasteiger partial charge in [0.1, 0.15) is 16.6 Å². The second kappa shape index (κ2) is 4.42. The molecule has 1 N–H and O–H groups in total. The van der Waals surface area contributed by atoms with Gasteiger partial charge in [-0.15, -0.1) is 0 Å². The molecule has 0 radical (unpaired) electrons. The Balaban J connectivity index is 3.15. The first-order valence-electron chi connectivity index (χ1n) is 3.75. The molecule has 0 saturated carbocycles. The van der Waals surface area contributed by atoms with E-state index in [1.165, 1.54) is 0 Å². The topological polar surface area (TPSA) is 54.4 Å². The normalized spacial score (nSPS) is 13.5. The molecule has 0 fully saturated rings. The number of carbonyl (C=O) groups is 1. The largest absolute Gasteiger partial charge is 0.476 e. The van der Waals surface area contributed by atoms with Crippen LogP contribution < -0.4 is 0 Å². The Hall–Kier alpha value is -1.08. The fraction of sp³-hybridized carbons (Fsp3) is 0.125. The van der Waals surface area contributed by atoms with E-state index in [-0.39, 0.29) is 0 Å². The number of hydrogen-bond donors (Lipinski definition) is 1. The van der Waals surface area contributed by atoms with Gasteiger partial charge in [0, 0.05) is 4.90 Å². The third-order valence-electron chi connectivity index (χ3n) is 1.59. The van der Waals surface area contributed by atoms with E-state index in [0.29, 0.717) is 6.07 Å². The second-order valence-electron chi connectivity index (χ2n) is 2.67. The van der Waals surface area contributed by atoms with Crippen LogP contribution in [0, 0.1) is 5.82 Å². The lowest BCUT2D eigenvalue weighted by atomic mass is 10.3. The molecule has 3 nitrogen and oxygen atoms in total. The summed E-state index contributed by atoms with van der Waals surface area (Å²) in [5, 5.41) is 3.20. The van der Waals surface area contributed by atoms with Crippen LogP contribution in [0.2, 0.25) is 5.02 Å². The van der Waals surface area contributed by atoms with Gasteiger partial charge < -0.3 is 5.11 Å². The quantitative estimate of drug-likeness (QED) is 0.918. The highest BCUT2D eigenvalue weighted by Crippen LogP contribution is 2.27. The maximum atomic E-state index is 12.8. The highest BCUT2D eigenvalue weighted by atomic mass is 35.5. The number of carboxylic acid groups (broad SMARTS) is 1. The predicted molar refractivity (Wildman–Crippen MR) is 50.4 cm³/mol. The van der Waals surface area contributed by atoms with E-state index in [1.54, 1.807) is 0 Å². The number of benzene rings is 1. The van der Waals surface area contributed by atoms with Crippen LogP contribution in [0.1, 0.15) is 0 Å². The van der Waals surface area contributed by atoms with Gasteiger partial charge >= 0.3 is 11.2 Å². The van der Waals surface area contributed by atoms with Gasteiger partial charge in [0.05, 0.1) is 5.02 Å². The molecule has 1 aromatic carbocycles. The van der Waals surface area contributed by atoms with Crippen LogP contribution in [0.3, 0.4) is 0 Å². The molecule has 88 valence electrons. The zero-order valence-electron chi connectivity index (χ0n) is 7.42. The predicted octanol–water partition coefficient (Wildman–Crippen LogP) is 2.26. The number of alkyl halides is 2. The average molecular weight is 273 g/mol. The minimum absolute atomic E-state index is 0.507. The molecular weight excluding hydrogens is 269 g/mol. The van der Waals surface area contributed by atoms with Gasteiger partial charge in [0.15, 0.2) is 0 Å². The molecule has 0 amide bonds. The molecule has 0 aliphatic heterocycles. The van der Waals surface area contributed by atoms with Crippen molar-refractivity contribution in [1.29, 1.82) is 0 Å². The van der Waals surface area contributed by atoms with E-state index in [4.69, 9.17) is 16.7 Å². The number of aliphatic carboxylic acids is 1. The first kappa shape index (κ1) is 13.0. The first-order valence-corrected chi connectivity index (χ1v) is 5.27. The summed E-state index contributed by atoms with van der Waals surface area (Å²) in [6.45, 7) is 0. The minimum Gasteiger partial charge on any atom is -0.476 e. The molecule has 1 rings (SSSR count). The summed E-state index contributed by atoms with van der Waals surface area (Å²) >= 11 is 5.29. The maximum absolute atomic E-state index is 12.8. The van der Waals surface area contributed by atoms with Crippen LogP contribution >= 0.6 is 11.6 Å². The minimum atomic E-state index is -4.44. The molecule has 0 aliphatic carbocycles. The lowest BCUT2D eigenvalue weighted by Crippen LogP contribution is -2.33. The Morgan fingerprint density at radius 2 is 2.00 bits per heavy atom. The van der Waals surface area contributed by atoms with E-state index in [9.17, 15) is 22.2 Å². The van der Waals surface area contributed by atoms with Crippen LogP contribution in [0.4, 0.5) is 13.2 Å².